The first-order valence-corrected chi connectivity index (χ1v) is 15.7. The molecule has 2 fully saturated rings. The number of rotatable bonds is 14. The van der Waals surface area contributed by atoms with Gasteiger partial charge in [-0.1, -0.05) is 132 Å². The second kappa shape index (κ2) is 13.3. The first-order valence-electron chi connectivity index (χ1n) is 15.7. The molecule has 0 aromatic heterocycles. The molecule has 2 rings (SSSR count). The Morgan fingerprint density at radius 1 is 0.800 bits per heavy atom. The van der Waals surface area contributed by atoms with Crippen LogP contribution in [0.3, 0.4) is 0 Å². The maximum Gasteiger partial charge on any atom is -0.0137 e. The Hall–Kier alpha value is -0.520. The van der Waals surface area contributed by atoms with Gasteiger partial charge in [-0.15, -0.1) is 0 Å². The highest BCUT2D eigenvalue weighted by Crippen LogP contribution is 2.52. The fourth-order valence-corrected chi connectivity index (χ4v) is 7.61. The number of hydrogen-bond acceptors (Lipinski definition) is 0. The highest BCUT2D eigenvalue weighted by Gasteiger charge is 2.41. The average Bonchev–Trinajstić information content (AvgIpc) is 2.81. The highest BCUT2D eigenvalue weighted by molar-refractivity contribution is 5.26. The van der Waals surface area contributed by atoms with Gasteiger partial charge >= 0.3 is 0 Å². The van der Waals surface area contributed by atoms with Gasteiger partial charge in [-0.2, -0.15) is 0 Å². The lowest BCUT2D eigenvalue weighted by atomic mass is 9.58. The van der Waals surface area contributed by atoms with E-state index in [9.17, 15) is 0 Å². The van der Waals surface area contributed by atoms with E-state index in [1.165, 1.54) is 83.5 Å². The average molecular weight is 485 g/mol. The van der Waals surface area contributed by atoms with Crippen molar-refractivity contribution < 1.29 is 0 Å². The summed E-state index contributed by atoms with van der Waals surface area (Å²) in [5, 5.41) is 0. The maximum absolute atomic E-state index is 4.69. The predicted octanol–water partition coefficient (Wildman–Crippen LogP) is 11.7. The Morgan fingerprint density at radius 2 is 1.37 bits per heavy atom. The molecule has 0 amide bonds. The molecular formula is C35H64. The van der Waals surface area contributed by atoms with Gasteiger partial charge in [-0.3, -0.25) is 0 Å². The molecule has 2 aliphatic rings. The summed E-state index contributed by atoms with van der Waals surface area (Å²) in [6.07, 6.45) is 17.8. The van der Waals surface area contributed by atoms with E-state index in [-0.39, 0.29) is 0 Å². The van der Waals surface area contributed by atoms with Crippen LogP contribution in [0.4, 0.5) is 0 Å². The van der Waals surface area contributed by atoms with Crippen LogP contribution in [-0.4, -0.2) is 0 Å². The molecule has 2 saturated carbocycles. The summed E-state index contributed by atoms with van der Waals surface area (Å²) in [5.41, 5.74) is 4.08. The normalized spacial score (nSPS) is 29.1. The summed E-state index contributed by atoms with van der Waals surface area (Å²) < 4.78 is 0. The number of allylic oxidation sites excluding steroid dienone is 2. The Labute approximate surface area is 222 Å². The first-order chi connectivity index (χ1) is 16.3. The molecule has 204 valence electrons. The summed E-state index contributed by atoms with van der Waals surface area (Å²) >= 11 is 0. The fourth-order valence-electron chi connectivity index (χ4n) is 7.61. The van der Waals surface area contributed by atoms with Crippen molar-refractivity contribution >= 4 is 0 Å². The Bertz CT molecular complexity index is 666. The lowest BCUT2D eigenvalue weighted by Crippen LogP contribution is -2.37. The topological polar surface area (TPSA) is 0 Å². The number of fused-ring (bicyclic) bond motifs is 1. The van der Waals surface area contributed by atoms with Crippen molar-refractivity contribution in [1.29, 1.82) is 0 Å². The molecule has 0 N–H and O–H groups in total. The minimum Gasteiger partial charge on any atom is -0.0993 e. The van der Waals surface area contributed by atoms with E-state index in [0.717, 1.165) is 29.6 Å². The van der Waals surface area contributed by atoms with E-state index in [4.69, 9.17) is 6.58 Å². The van der Waals surface area contributed by atoms with E-state index in [1.807, 2.05) is 0 Å². The second-order valence-corrected chi connectivity index (χ2v) is 14.6. The Morgan fingerprint density at radius 3 is 1.94 bits per heavy atom. The van der Waals surface area contributed by atoms with E-state index in [2.05, 4.69) is 68.9 Å². The van der Waals surface area contributed by atoms with Crippen LogP contribution in [-0.2, 0) is 0 Å². The van der Waals surface area contributed by atoms with Crippen LogP contribution in [0.5, 0.6) is 0 Å². The smallest absolute Gasteiger partial charge is 0.0137 e. The second-order valence-electron chi connectivity index (χ2n) is 14.6. The lowest BCUT2D eigenvalue weighted by Gasteiger charge is -2.47. The van der Waals surface area contributed by atoms with Gasteiger partial charge in [-0.05, 0) is 90.8 Å². The quantitative estimate of drug-likeness (QED) is 0.215. The van der Waals surface area contributed by atoms with Crippen molar-refractivity contribution in [1.82, 2.24) is 0 Å². The third kappa shape index (κ3) is 7.98. The zero-order valence-electron chi connectivity index (χ0n) is 25.6. The fraction of sp³-hybridized carbons (Fsp3) is 0.886. The van der Waals surface area contributed by atoms with Crippen molar-refractivity contribution in [2.75, 3.05) is 0 Å². The SMILES string of the molecule is C=C1C(C)C(CCC(C)C(C)(C)CCCC(C)C(C)(CC)CCCC(C)C)C(=C)C2CCCCC12. The van der Waals surface area contributed by atoms with Gasteiger partial charge in [-0.25, -0.2) is 0 Å². The first kappa shape index (κ1) is 30.7. The van der Waals surface area contributed by atoms with Gasteiger partial charge in [0.25, 0.3) is 0 Å². The molecule has 0 aromatic rings. The molecule has 0 heterocycles. The van der Waals surface area contributed by atoms with Gasteiger partial charge in [0.15, 0.2) is 0 Å². The monoisotopic (exact) mass is 485 g/mol. The van der Waals surface area contributed by atoms with Crippen molar-refractivity contribution in [3.8, 4) is 0 Å². The van der Waals surface area contributed by atoms with Crippen LogP contribution in [0.25, 0.3) is 0 Å². The molecule has 7 atom stereocenters. The van der Waals surface area contributed by atoms with E-state index in [0.29, 0.717) is 22.7 Å². The molecule has 0 heteroatoms. The third-order valence-corrected chi connectivity index (χ3v) is 11.6. The third-order valence-electron chi connectivity index (χ3n) is 11.6. The summed E-state index contributed by atoms with van der Waals surface area (Å²) in [6, 6.07) is 0. The van der Waals surface area contributed by atoms with Crippen LogP contribution in [0.2, 0.25) is 0 Å². The maximum atomic E-state index is 4.69. The molecule has 0 nitrogen and oxygen atoms in total. The molecule has 35 heavy (non-hydrogen) atoms. The van der Waals surface area contributed by atoms with Gasteiger partial charge in [0.05, 0.1) is 0 Å². The molecule has 0 bridgehead atoms. The summed E-state index contributed by atoms with van der Waals surface area (Å²) in [4.78, 5) is 0. The molecule has 0 aromatic carbocycles. The van der Waals surface area contributed by atoms with Crippen LogP contribution in [0, 0.1) is 52.3 Å². The van der Waals surface area contributed by atoms with Crippen molar-refractivity contribution in [3.63, 3.8) is 0 Å². The van der Waals surface area contributed by atoms with Gasteiger partial charge < -0.3 is 0 Å². The van der Waals surface area contributed by atoms with Crippen LogP contribution < -0.4 is 0 Å². The molecule has 0 aliphatic heterocycles. The zero-order valence-corrected chi connectivity index (χ0v) is 25.6. The van der Waals surface area contributed by atoms with Gasteiger partial charge in [0.1, 0.15) is 0 Å². The van der Waals surface area contributed by atoms with Crippen molar-refractivity contribution in [3.05, 3.63) is 24.3 Å². The van der Waals surface area contributed by atoms with Crippen LogP contribution in [0.15, 0.2) is 24.3 Å². The van der Waals surface area contributed by atoms with Crippen molar-refractivity contribution in [2.24, 2.45) is 52.3 Å². The minimum absolute atomic E-state index is 0.420. The summed E-state index contributed by atoms with van der Waals surface area (Å²) in [5.74, 6) is 5.18. The van der Waals surface area contributed by atoms with E-state index in [1.54, 1.807) is 11.1 Å². The Kier molecular flexibility index (Phi) is 11.7. The number of hydrogen-bond donors (Lipinski definition) is 0. The van der Waals surface area contributed by atoms with Gasteiger partial charge in [0.2, 0.25) is 0 Å². The molecular weight excluding hydrogens is 420 g/mol. The Balaban J connectivity index is 1.84. The summed E-state index contributed by atoms with van der Waals surface area (Å²) in [6.45, 7) is 31.6. The van der Waals surface area contributed by atoms with E-state index < -0.39 is 0 Å². The van der Waals surface area contributed by atoms with Crippen LogP contribution >= 0.6 is 0 Å². The minimum atomic E-state index is 0.420. The molecule has 0 radical (unpaired) electrons. The largest absolute Gasteiger partial charge is 0.0993 e. The predicted molar refractivity (Wildman–Crippen MR) is 159 cm³/mol. The van der Waals surface area contributed by atoms with Crippen LogP contribution in [0.1, 0.15) is 146 Å². The van der Waals surface area contributed by atoms with Crippen molar-refractivity contribution in [2.45, 2.75) is 146 Å². The standard InChI is InChI=1S/C35H64/c1-12-35(11,24-15-17-25(2)3)27(5)18-16-23-34(9,10)26(4)21-22-31-28(6)29(7)32-19-13-14-20-33(32)30(31)8/h25-28,31-33H,7-8,12-24H2,1-6,9-11H3. The van der Waals surface area contributed by atoms with E-state index >= 15 is 0 Å². The summed E-state index contributed by atoms with van der Waals surface area (Å²) in [7, 11) is 0. The molecule has 7 unspecified atom stereocenters. The zero-order chi connectivity index (χ0) is 26.4. The lowest BCUT2D eigenvalue weighted by molar-refractivity contribution is 0.134. The molecule has 0 saturated heterocycles. The molecule has 0 spiro atoms. The van der Waals surface area contributed by atoms with Gasteiger partial charge in [0, 0.05) is 0 Å². The highest BCUT2D eigenvalue weighted by atomic mass is 14.5. The molecule has 2 aliphatic carbocycles.